The van der Waals surface area contributed by atoms with Crippen LogP contribution >= 0.6 is 0 Å². The molecule has 0 unspecified atom stereocenters. The van der Waals surface area contributed by atoms with E-state index in [0.29, 0.717) is 17.5 Å². The fraction of sp³-hybridized carbons (Fsp3) is 0.303. The van der Waals surface area contributed by atoms with Gasteiger partial charge >= 0.3 is 0 Å². The summed E-state index contributed by atoms with van der Waals surface area (Å²) in [6, 6.07) is 13.3. The van der Waals surface area contributed by atoms with Crippen molar-refractivity contribution < 1.29 is 4.79 Å². The van der Waals surface area contributed by atoms with E-state index in [1.165, 1.54) is 19.3 Å². The number of hydrogen-bond acceptors (Lipinski definition) is 3. The Morgan fingerprint density at radius 2 is 1.70 bits per heavy atom. The number of pyridine rings is 2. The Morgan fingerprint density at radius 1 is 1.00 bits per heavy atom. The lowest BCUT2D eigenvalue weighted by molar-refractivity contribution is 0.103. The Balaban J connectivity index is 0.00000163. The minimum absolute atomic E-state index is 0.199. The van der Waals surface area contributed by atoms with E-state index in [1.807, 2.05) is 60.9 Å². The number of allylic oxidation sites excluding steroid dienone is 4. The highest BCUT2D eigenvalue weighted by Gasteiger charge is 2.18. The van der Waals surface area contributed by atoms with E-state index < -0.39 is 0 Å². The lowest BCUT2D eigenvalue weighted by Crippen LogP contribution is -2.20. The smallest absolute Gasteiger partial charge is 0.200 e. The van der Waals surface area contributed by atoms with E-state index in [9.17, 15) is 9.59 Å². The molecule has 192 valence electrons. The van der Waals surface area contributed by atoms with E-state index in [-0.39, 0.29) is 16.8 Å². The molecule has 2 heterocycles. The Bertz CT molecular complexity index is 1330. The topological polar surface area (TPSA) is 52.0 Å². The first-order valence-corrected chi connectivity index (χ1v) is 12.5. The first-order chi connectivity index (χ1) is 17.9. The zero-order chi connectivity index (χ0) is 27.8. The van der Waals surface area contributed by atoms with Gasteiger partial charge in [-0.05, 0) is 57.9 Å². The monoisotopic (exact) mass is 494 g/mol. The van der Waals surface area contributed by atoms with Crippen LogP contribution in [0.4, 0.5) is 0 Å². The molecule has 0 bridgehead atoms. The second-order valence-electron chi connectivity index (χ2n) is 8.66. The molecule has 4 nitrogen and oxygen atoms in total. The normalized spacial score (nSPS) is 11.1. The number of rotatable bonds is 10. The Morgan fingerprint density at radius 3 is 2.35 bits per heavy atom. The molecule has 0 N–H and O–H groups in total. The van der Waals surface area contributed by atoms with Gasteiger partial charge in [-0.1, -0.05) is 62.1 Å². The minimum Gasteiger partial charge on any atom is -0.340 e. The van der Waals surface area contributed by atoms with Crippen LogP contribution in [0.25, 0.3) is 10.9 Å². The molecule has 0 saturated heterocycles. The number of hydrogen-bond donors (Lipinski definition) is 0. The van der Waals surface area contributed by atoms with Crippen LogP contribution in [-0.2, 0) is 6.54 Å². The summed E-state index contributed by atoms with van der Waals surface area (Å²) in [5, 5.41) is 0.548. The van der Waals surface area contributed by atoms with Crippen LogP contribution in [0.3, 0.4) is 0 Å². The lowest BCUT2D eigenvalue weighted by Gasteiger charge is -2.14. The fourth-order valence-corrected chi connectivity index (χ4v) is 4.10. The van der Waals surface area contributed by atoms with Crippen molar-refractivity contribution in [3.63, 3.8) is 0 Å². The predicted octanol–water partition coefficient (Wildman–Crippen LogP) is 7.30. The molecule has 0 radical (unpaired) electrons. The van der Waals surface area contributed by atoms with Gasteiger partial charge in [0, 0.05) is 22.9 Å². The molecular weight excluding hydrogens is 456 g/mol. The van der Waals surface area contributed by atoms with Gasteiger partial charge in [0.05, 0.1) is 23.3 Å². The Labute approximate surface area is 222 Å². The van der Waals surface area contributed by atoms with E-state index in [4.69, 9.17) is 0 Å². The van der Waals surface area contributed by atoms with Crippen LogP contribution in [0.2, 0.25) is 0 Å². The second-order valence-corrected chi connectivity index (χ2v) is 8.66. The first kappa shape index (κ1) is 30.9. The third-order valence-corrected chi connectivity index (χ3v) is 5.91. The maximum Gasteiger partial charge on any atom is 0.200 e. The molecule has 0 spiro atoms. The predicted molar refractivity (Wildman–Crippen MR) is 157 cm³/mol. The molecule has 0 amide bonds. The molecule has 4 heteroatoms. The van der Waals surface area contributed by atoms with Crippen molar-refractivity contribution in [3.8, 4) is 25.7 Å². The highest BCUT2D eigenvalue weighted by molar-refractivity contribution is 6.11. The van der Waals surface area contributed by atoms with Crippen molar-refractivity contribution in [2.45, 2.75) is 66.3 Å². The molecule has 1 aromatic carbocycles. The molecule has 37 heavy (non-hydrogen) atoms. The van der Waals surface area contributed by atoms with Gasteiger partial charge < -0.3 is 4.57 Å². The molecule has 0 aliphatic heterocycles. The Hall–Kier alpha value is -4.15. The standard InChI is InChI=1S/C29H34N2O2.2C2H2/c1-5-7-8-9-13-21(3)18-23(6-2)28(32)26-20-31(19-24-15-12-14-22(4)30-24)27-17-11-10-16-25(27)29(26)33;2*1-2/h6,10-12,14-18,20H,5,7-9,13,19H2,1-4H3;2*1-2H/b21-18-,23-6+;;. The summed E-state index contributed by atoms with van der Waals surface area (Å²) in [5.74, 6) is -0.230. The molecule has 0 saturated carbocycles. The number of aromatic nitrogens is 2. The zero-order valence-corrected chi connectivity index (χ0v) is 22.5. The van der Waals surface area contributed by atoms with Crippen LogP contribution < -0.4 is 5.43 Å². The number of fused-ring (bicyclic) bond motifs is 1. The fourth-order valence-electron chi connectivity index (χ4n) is 4.10. The third kappa shape index (κ3) is 8.78. The minimum atomic E-state index is -0.230. The van der Waals surface area contributed by atoms with Gasteiger partial charge in [-0.3, -0.25) is 14.6 Å². The quantitative estimate of drug-likeness (QED) is 0.0977. The van der Waals surface area contributed by atoms with Crippen LogP contribution in [0.15, 0.2) is 76.8 Å². The number of para-hydroxylation sites is 1. The zero-order valence-electron chi connectivity index (χ0n) is 22.5. The molecule has 3 rings (SSSR count). The average molecular weight is 495 g/mol. The number of nitrogens with zero attached hydrogens (tertiary/aromatic N) is 2. The maximum absolute atomic E-state index is 13.5. The SMILES string of the molecule is C#C.C#C.C/C=C(\C=C(\C)CCCCCC)C(=O)c1cn(Cc2cccc(C)n2)c2ccccc2c1=O. The van der Waals surface area contributed by atoms with Crippen LogP contribution in [0, 0.1) is 32.6 Å². The molecular formula is C33H38N2O2. The van der Waals surface area contributed by atoms with Gasteiger partial charge in [-0.2, -0.15) is 0 Å². The summed E-state index contributed by atoms with van der Waals surface area (Å²) in [6.45, 7) is 8.55. The summed E-state index contributed by atoms with van der Waals surface area (Å²) in [7, 11) is 0. The number of Topliss-reactive ketones (excluding diaryl/α,β-unsaturated/α-hetero) is 1. The van der Waals surface area contributed by atoms with Crippen molar-refractivity contribution in [1.82, 2.24) is 9.55 Å². The molecule has 0 fully saturated rings. The van der Waals surface area contributed by atoms with E-state index in [1.54, 1.807) is 18.3 Å². The third-order valence-electron chi connectivity index (χ3n) is 5.91. The molecule has 0 atom stereocenters. The number of aryl methyl sites for hydroxylation is 1. The van der Waals surface area contributed by atoms with E-state index in [0.717, 1.165) is 35.3 Å². The second kappa shape index (κ2) is 16.5. The number of carbonyl (C=O) groups excluding carboxylic acids is 1. The van der Waals surface area contributed by atoms with Crippen molar-refractivity contribution in [2.24, 2.45) is 0 Å². The van der Waals surface area contributed by atoms with Gasteiger partial charge in [0.1, 0.15) is 0 Å². The average Bonchev–Trinajstić information content (AvgIpc) is 2.93. The van der Waals surface area contributed by atoms with Gasteiger partial charge in [0.15, 0.2) is 5.78 Å². The maximum atomic E-state index is 13.5. The molecule has 0 aliphatic rings. The number of carbonyl (C=O) groups is 1. The van der Waals surface area contributed by atoms with Crippen molar-refractivity contribution in [1.29, 1.82) is 0 Å². The largest absolute Gasteiger partial charge is 0.340 e. The van der Waals surface area contributed by atoms with Gasteiger partial charge in [-0.15, -0.1) is 25.7 Å². The van der Waals surface area contributed by atoms with Crippen LogP contribution in [0.5, 0.6) is 0 Å². The summed E-state index contributed by atoms with van der Waals surface area (Å²) in [6.07, 6.45) is 27.2. The number of benzene rings is 1. The highest BCUT2D eigenvalue weighted by Crippen LogP contribution is 2.18. The van der Waals surface area contributed by atoms with Crippen LogP contribution in [-0.4, -0.2) is 15.3 Å². The van der Waals surface area contributed by atoms with Crippen molar-refractivity contribution >= 4 is 16.7 Å². The highest BCUT2D eigenvalue weighted by atomic mass is 16.1. The van der Waals surface area contributed by atoms with Crippen LogP contribution in [0.1, 0.15) is 74.6 Å². The summed E-state index contributed by atoms with van der Waals surface area (Å²) in [4.78, 5) is 31.3. The van der Waals surface area contributed by atoms with Gasteiger partial charge in [-0.25, -0.2) is 0 Å². The molecule has 0 aliphatic carbocycles. The van der Waals surface area contributed by atoms with E-state index >= 15 is 0 Å². The number of terminal acetylenes is 2. The van der Waals surface area contributed by atoms with Crippen molar-refractivity contribution in [2.75, 3.05) is 0 Å². The lowest BCUT2D eigenvalue weighted by atomic mass is 9.98. The van der Waals surface area contributed by atoms with Crippen molar-refractivity contribution in [3.05, 3.63) is 99.1 Å². The summed E-state index contributed by atoms with van der Waals surface area (Å²) in [5.41, 5.74) is 4.32. The molecule has 2 aromatic heterocycles. The summed E-state index contributed by atoms with van der Waals surface area (Å²) < 4.78 is 1.96. The number of ketones is 1. The number of unbranched alkanes of at least 4 members (excludes halogenated alkanes) is 3. The summed E-state index contributed by atoms with van der Waals surface area (Å²) >= 11 is 0. The van der Waals surface area contributed by atoms with Gasteiger partial charge in [0.2, 0.25) is 5.43 Å². The molecule has 3 aromatic rings. The Kier molecular flexibility index (Phi) is 13.8. The van der Waals surface area contributed by atoms with E-state index in [2.05, 4.69) is 44.5 Å². The van der Waals surface area contributed by atoms with Gasteiger partial charge in [0.25, 0.3) is 0 Å². The first-order valence-electron chi connectivity index (χ1n) is 12.5.